The van der Waals surface area contributed by atoms with Crippen LogP contribution in [-0.2, 0) is 9.53 Å². The van der Waals surface area contributed by atoms with Crippen molar-refractivity contribution < 1.29 is 19.4 Å². The zero-order chi connectivity index (χ0) is 14.4. The normalized spacial score (nSPS) is 22.1. The van der Waals surface area contributed by atoms with Gasteiger partial charge in [0.15, 0.2) is 0 Å². The largest absolute Gasteiger partial charge is 0.480 e. The number of carbonyl (C=O) groups is 2. The number of ether oxygens (including phenoxy) is 1. The molecule has 0 aromatic heterocycles. The van der Waals surface area contributed by atoms with Crippen molar-refractivity contribution in [2.24, 2.45) is 0 Å². The standard InChI is InChI=1S/C13H20N2O4/c1-4-6-14(7-5-2)13(18)15-9-10(19-3)8-11(15)12(16)17/h1,10-11H,5-9H2,2-3H3,(H,16,17). The molecule has 2 atom stereocenters. The van der Waals surface area contributed by atoms with E-state index in [-0.39, 0.29) is 25.2 Å². The van der Waals surface area contributed by atoms with Crippen LogP contribution in [0.15, 0.2) is 0 Å². The fourth-order valence-corrected chi connectivity index (χ4v) is 2.22. The number of carbonyl (C=O) groups excluding carboxylic acids is 1. The number of rotatable bonds is 5. The molecule has 1 N–H and O–H groups in total. The predicted octanol–water partition coefficient (Wildman–Crippen LogP) is 0.625. The summed E-state index contributed by atoms with van der Waals surface area (Å²) in [5, 5.41) is 9.18. The number of carboxylic acids is 1. The summed E-state index contributed by atoms with van der Waals surface area (Å²) in [5.74, 6) is 1.42. The molecule has 1 aliphatic heterocycles. The second-order valence-electron chi connectivity index (χ2n) is 4.51. The summed E-state index contributed by atoms with van der Waals surface area (Å²) in [6.07, 6.45) is 6.09. The number of carboxylic acid groups (broad SMARTS) is 1. The minimum Gasteiger partial charge on any atom is -0.480 e. The van der Waals surface area contributed by atoms with Crippen molar-refractivity contribution in [1.82, 2.24) is 9.80 Å². The van der Waals surface area contributed by atoms with E-state index in [9.17, 15) is 14.7 Å². The van der Waals surface area contributed by atoms with E-state index in [1.807, 2.05) is 6.92 Å². The quantitative estimate of drug-likeness (QED) is 0.742. The maximum Gasteiger partial charge on any atom is 0.326 e. The number of methoxy groups -OCH3 is 1. The zero-order valence-electron chi connectivity index (χ0n) is 11.3. The van der Waals surface area contributed by atoms with Crippen molar-refractivity contribution >= 4 is 12.0 Å². The van der Waals surface area contributed by atoms with E-state index >= 15 is 0 Å². The fourth-order valence-electron chi connectivity index (χ4n) is 2.22. The molecule has 0 spiro atoms. The fraction of sp³-hybridized carbons (Fsp3) is 0.692. The van der Waals surface area contributed by atoms with E-state index in [0.717, 1.165) is 6.42 Å². The lowest BCUT2D eigenvalue weighted by Gasteiger charge is -2.28. The highest BCUT2D eigenvalue weighted by molar-refractivity contribution is 5.83. The first-order chi connectivity index (χ1) is 9.04. The average molecular weight is 268 g/mol. The van der Waals surface area contributed by atoms with E-state index in [1.54, 1.807) is 0 Å². The molecule has 2 amide bonds. The van der Waals surface area contributed by atoms with Gasteiger partial charge in [0.2, 0.25) is 0 Å². The Kier molecular flexibility index (Phi) is 5.64. The third-order valence-corrected chi connectivity index (χ3v) is 3.17. The summed E-state index contributed by atoms with van der Waals surface area (Å²) in [4.78, 5) is 26.4. The van der Waals surface area contributed by atoms with Crippen molar-refractivity contribution in [3.8, 4) is 12.3 Å². The van der Waals surface area contributed by atoms with Crippen molar-refractivity contribution in [3.05, 3.63) is 0 Å². The van der Waals surface area contributed by atoms with Gasteiger partial charge in [-0.3, -0.25) is 0 Å². The van der Waals surface area contributed by atoms with Crippen LogP contribution in [0, 0.1) is 12.3 Å². The monoisotopic (exact) mass is 268 g/mol. The first-order valence-corrected chi connectivity index (χ1v) is 6.29. The SMILES string of the molecule is C#CCN(CCC)C(=O)N1CC(OC)CC1C(=O)O. The Morgan fingerprint density at radius 1 is 1.58 bits per heavy atom. The van der Waals surface area contributed by atoms with Crippen LogP contribution in [0.4, 0.5) is 4.79 Å². The van der Waals surface area contributed by atoms with Crippen LogP contribution in [0.2, 0.25) is 0 Å². The summed E-state index contributed by atoms with van der Waals surface area (Å²) in [7, 11) is 1.52. The highest BCUT2D eigenvalue weighted by Crippen LogP contribution is 2.22. The Labute approximate surface area is 113 Å². The van der Waals surface area contributed by atoms with Crippen molar-refractivity contribution in [2.75, 3.05) is 26.7 Å². The van der Waals surface area contributed by atoms with Gasteiger partial charge in [-0.05, 0) is 6.42 Å². The summed E-state index contributed by atoms with van der Waals surface area (Å²) in [6, 6.07) is -1.17. The van der Waals surface area contributed by atoms with E-state index in [2.05, 4.69) is 5.92 Å². The first-order valence-electron chi connectivity index (χ1n) is 6.29. The molecule has 6 nitrogen and oxygen atoms in total. The smallest absolute Gasteiger partial charge is 0.326 e. The first kappa shape index (κ1) is 15.3. The molecule has 1 aliphatic rings. The lowest BCUT2D eigenvalue weighted by molar-refractivity contribution is -0.141. The Hall–Kier alpha value is -1.74. The molecule has 0 aromatic rings. The summed E-state index contributed by atoms with van der Waals surface area (Å²) in [6.45, 7) is 2.93. The lowest BCUT2D eigenvalue weighted by atomic mass is 10.2. The van der Waals surface area contributed by atoms with Crippen LogP contribution in [0.1, 0.15) is 19.8 Å². The number of aliphatic carboxylic acids is 1. The molecule has 2 unspecified atom stereocenters. The van der Waals surface area contributed by atoms with Gasteiger partial charge in [-0.15, -0.1) is 6.42 Å². The zero-order valence-corrected chi connectivity index (χ0v) is 11.3. The van der Waals surface area contributed by atoms with Gasteiger partial charge >= 0.3 is 12.0 Å². The Balaban J connectivity index is 2.82. The maximum absolute atomic E-state index is 12.3. The third kappa shape index (κ3) is 3.61. The van der Waals surface area contributed by atoms with Gasteiger partial charge in [0.1, 0.15) is 6.04 Å². The number of amides is 2. The molecule has 1 rings (SSSR count). The van der Waals surface area contributed by atoms with Crippen molar-refractivity contribution in [3.63, 3.8) is 0 Å². The molecule has 0 radical (unpaired) electrons. The molecule has 106 valence electrons. The van der Waals surface area contributed by atoms with Crippen molar-refractivity contribution in [2.45, 2.75) is 31.9 Å². The van der Waals surface area contributed by atoms with Gasteiger partial charge in [-0.1, -0.05) is 12.8 Å². The maximum atomic E-state index is 12.3. The second-order valence-corrected chi connectivity index (χ2v) is 4.51. The molecule has 1 fully saturated rings. The molecule has 1 saturated heterocycles. The summed E-state index contributed by atoms with van der Waals surface area (Å²) < 4.78 is 5.16. The van der Waals surface area contributed by atoms with Gasteiger partial charge in [0.25, 0.3) is 0 Å². The van der Waals surface area contributed by atoms with Gasteiger partial charge in [-0.25, -0.2) is 9.59 Å². The number of hydrogen-bond acceptors (Lipinski definition) is 3. The molecule has 19 heavy (non-hydrogen) atoms. The van der Waals surface area contributed by atoms with Gasteiger partial charge in [0, 0.05) is 26.6 Å². The van der Waals surface area contributed by atoms with Crippen LogP contribution in [0.5, 0.6) is 0 Å². The van der Waals surface area contributed by atoms with Gasteiger partial charge in [0.05, 0.1) is 12.6 Å². The van der Waals surface area contributed by atoms with E-state index in [4.69, 9.17) is 11.2 Å². The third-order valence-electron chi connectivity index (χ3n) is 3.17. The topological polar surface area (TPSA) is 70.1 Å². The number of urea groups is 1. The minimum atomic E-state index is -1.01. The van der Waals surface area contributed by atoms with Crippen LogP contribution >= 0.6 is 0 Å². The summed E-state index contributed by atoms with van der Waals surface area (Å²) in [5.41, 5.74) is 0. The van der Waals surface area contributed by atoms with Gasteiger partial charge in [-0.2, -0.15) is 0 Å². The number of terminal acetylenes is 1. The molecule has 0 saturated carbocycles. The Bertz CT molecular complexity index is 377. The average Bonchev–Trinajstić information content (AvgIpc) is 2.82. The van der Waals surface area contributed by atoms with Gasteiger partial charge < -0.3 is 19.6 Å². The number of nitrogens with zero attached hydrogens (tertiary/aromatic N) is 2. The molecule has 0 bridgehead atoms. The highest BCUT2D eigenvalue weighted by Gasteiger charge is 2.41. The number of likely N-dealkylation sites (tertiary alicyclic amines) is 1. The Morgan fingerprint density at radius 2 is 2.26 bits per heavy atom. The molecule has 1 heterocycles. The highest BCUT2D eigenvalue weighted by atomic mass is 16.5. The summed E-state index contributed by atoms with van der Waals surface area (Å²) >= 11 is 0. The lowest BCUT2D eigenvalue weighted by Crippen LogP contribution is -2.48. The van der Waals surface area contributed by atoms with E-state index < -0.39 is 12.0 Å². The predicted molar refractivity (Wildman–Crippen MR) is 69.6 cm³/mol. The van der Waals surface area contributed by atoms with Crippen LogP contribution in [0.25, 0.3) is 0 Å². The molecular weight excluding hydrogens is 248 g/mol. The minimum absolute atomic E-state index is 0.188. The molecule has 0 aromatic carbocycles. The van der Waals surface area contributed by atoms with E-state index in [1.165, 1.54) is 16.9 Å². The van der Waals surface area contributed by atoms with E-state index in [0.29, 0.717) is 13.0 Å². The van der Waals surface area contributed by atoms with Crippen LogP contribution < -0.4 is 0 Å². The van der Waals surface area contributed by atoms with Crippen molar-refractivity contribution in [1.29, 1.82) is 0 Å². The van der Waals surface area contributed by atoms with Crippen LogP contribution in [-0.4, -0.2) is 65.8 Å². The number of hydrogen-bond donors (Lipinski definition) is 1. The van der Waals surface area contributed by atoms with Crippen LogP contribution in [0.3, 0.4) is 0 Å². The molecular formula is C13H20N2O4. The molecule has 0 aliphatic carbocycles. The molecule has 6 heteroatoms. The Morgan fingerprint density at radius 3 is 2.74 bits per heavy atom. The second kappa shape index (κ2) is 7.00.